The minimum atomic E-state index is -0.655. The molecule has 10 heteroatoms. The van der Waals surface area contributed by atoms with Gasteiger partial charge in [-0.25, -0.2) is 14.6 Å². The van der Waals surface area contributed by atoms with Crippen molar-refractivity contribution in [2.24, 2.45) is 21.5 Å². The fraction of sp³-hybridized carbons (Fsp3) is 0.625. The summed E-state index contributed by atoms with van der Waals surface area (Å²) in [6, 6.07) is 9.15. The molecular weight excluding hydrogens is 532 g/mol. The molecule has 10 nitrogen and oxygen atoms in total. The fourth-order valence-corrected chi connectivity index (χ4v) is 5.36. The van der Waals surface area contributed by atoms with E-state index >= 15 is 0 Å². The number of hydrogen-bond acceptors (Lipinski definition) is 8. The van der Waals surface area contributed by atoms with E-state index < -0.39 is 6.09 Å². The number of carbonyl (C=O) groups is 2. The summed E-state index contributed by atoms with van der Waals surface area (Å²) in [5.74, 6) is 0.225. The van der Waals surface area contributed by atoms with E-state index in [4.69, 9.17) is 25.9 Å². The molecule has 0 saturated carbocycles. The van der Waals surface area contributed by atoms with E-state index in [1.54, 1.807) is 0 Å². The number of alkyl carbamates (subject to hydrolysis) is 1. The number of nitrogens with one attached hydrogen (secondary N) is 1. The molecule has 1 aromatic carbocycles. The molecule has 1 aromatic rings. The zero-order valence-electron chi connectivity index (χ0n) is 25.3. The molecule has 2 heterocycles. The van der Waals surface area contributed by atoms with Gasteiger partial charge in [-0.2, -0.15) is 0 Å². The van der Waals surface area contributed by atoms with Crippen LogP contribution in [0.1, 0.15) is 102 Å². The lowest BCUT2D eigenvalue weighted by molar-refractivity contribution is -0.139. The molecule has 1 unspecified atom stereocenters. The van der Waals surface area contributed by atoms with Gasteiger partial charge in [0.15, 0.2) is 11.9 Å². The lowest BCUT2D eigenvalue weighted by atomic mass is 9.96. The molecule has 1 amide bonds. The molecule has 2 aliphatic rings. The largest absolute Gasteiger partial charge is 0.462 e. The van der Waals surface area contributed by atoms with Crippen molar-refractivity contribution in [2.75, 3.05) is 19.7 Å². The van der Waals surface area contributed by atoms with Gasteiger partial charge in [0.25, 0.3) is 0 Å². The first kappa shape index (κ1) is 32.9. The molecular formula is C32H50N6O4. The van der Waals surface area contributed by atoms with E-state index in [-0.39, 0.29) is 31.2 Å². The summed E-state index contributed by atoms with van der Waals surface area (Å²) in [5, 5.41) is 2.42. The van der Waals surface area contributed by atoms with Crippen LogP contribution in [0.25, 0.3) is 0 Å². The Balaban J connectivity index is 1.36. The van der Waals surface area contributed by atoms with Crippen LogP contribution in [0.2, 0.25) is 0 Å². The number of ether oxygens (including phenoxy) is 2. The summed E-state index contributed by atoms with van der Waals surface area (Å²) in [6.07, 6.45) is 14.5. The van der Waals surface area contributed by atoms with E-state index in [1.165, 1.54) is 44.9 Å². The molecule has 2 aliphatic heterocycles. The predicted octanol–water partition coefficient (Wildman–Crippen LogP) is 5.52. The average Bonchev–Trinajstić information content (AvgIpc) is 3.48. The molecule has 232 valence electrons. The van der Waals surface area contributed by atoms with Gasteiger partial charge in [-0.05, 0) is 37.7 Å². The highest BCUT2D eigenvalue weighted by atomic mass is 16.5. The van der Waals surface area contributed by atoms with Gasteiger partial charge in [-0.15, -0.1) is 0 Å². The van der Waals surface area contributed by atoms with Crippen molar-refractivity contribution in [3.05, 3.63) is 47.2 Å². The van der Waals surface area contributed by atoms with Gasteiger partial charge < -0.3 is 25.8 Å². The van der Waals surface area contributed by atoms with E-state index in [2.05, 4.69) is 17.2 Å². The summed E-state index contributed by atoms with van der Waals surface area (Å²) in [7, 11) is 0. The Labute approximate surface area is 251 Å². The Morgan fingerprint density at radius 2 is 1.71 bits per heavy atom. The highest BCUT2D eigenvalue weighted by Crippen LogP contribution is 2.33. The lowest BCUT2D eigenvalue weighted by Gasteiger charge is -2.30. The standard InChI is InChI=1S/C32H50N6O4/c1-2-3-4-5-6-7-8-9-13-19-26-28(27-20-16-22-38(27)31(34)36-26)29(39)41-23-15-14-21-35-30(33)37-32(40)42-24-25-17-11-10-12-18-25/h10-12,17-18,26H,2-9,13-16,19-24H2,1H3,(H2,34,36)(H3,33,35,37,40). The molecule has 0 aliphatic carbocycles. The number of benzene rings is 1. The van der Waals surface area contributed by atoms with Crippen LogP contribution in [0.15, 0.2) is 51.6 Å². The maximum atomic E-state index is 13.2. The molecule has 1 atom stereocenters. The topological polar surface area (TPSA) is 145 Å². The first-order valence-electron chi connectivity index (χ1n) is 15.8. The fourth-order valence-electron chi connectivity index (χ4n) is 5.36. The number of fused-ring (bicyclic) bond motifs is 1. The number of unbranched alkanes of at least 4 members (excludes halogenated alkanes) is 9. The summed E-state index contributed by atoms with van der Waals surface area (Å²) in [5.41, 5.74) is 14.6. The van der Waals surface area contributed by atoms with Crippen molar-refractivity contribution >= 4 is 24.0 Å². The van der Waals surface area contributed by atoms with E-state index in [9.17, 15) is 9.59 Å². The van der Waals surface area contributed by atoms with Gasteiger partial charge in [-0.3, -0.25) is 10.3 Å². The summed E-state index contributed by atoms with van der Waals surface area (Å²) >= 11 is 0. The number of esters is 1. The van der Waals surface area contributed by atoms with Crippen LogP contribution in [-0.4, -0.2) is 54.6 Å². The van der Waals surface area contributed by atoms with Crippen LogP contribution < -0.4 is 16.8 Å². The minimum absolute atomic E-state index is 0.00433. The van der Waals surface area contributed by atoms with Crippen LogP contribution in [0.4, 0.5) is 4.79 Å². The van der Waals surface area contributed by atoms with Crippen molar-refractivity contribution in [1.29, 1.82) is 0 Å². The minimum Gasteiger partial charge on any atom is -0.462 e. The highest BCUT2D eigenvalue weighted by Gasteiger charge is 2.36. The molecule has 1 fully saturated rings. The average molecular weight is 583 g/mol. The number of guanidine groups is 2. The molecule has 0 bridgehead atoms. The van der Waals surface area contributed by atoms with Crippen LogP contribution in [0.5, 0.6) is 0 Å². The Bertz CT molecular complexity index is 1070. The number of rotatable bonds is 18. The second-order valence-corrected chi connectivity index (χ2v) is 11.0. The number of allylic oxidation sites excluding steroid dienone is 1. The number of hydrogen-bond donors (Lipinski definition) is 3. The number of aliphatic imine (C=N–C) groups is 2. The van der Waals surface area contributed by atoms with Crippen molar-refractivity contribution in [2.45, 2.75) is 109 Å². The van der Waals surface area contributed by atoms with Gasteiger partial charge in [0.05, 0.1) is 18.2 Å². The Hall–Kier alpha value is -3.56. The quantitative estimate of drug-likeness (QED) is 0.0894. The zero-order chi connectivity index (χ0) is 30.0. The number of nitrogens with zero attached hydrogens (tertiary/aromatic N) is 3. The first-order chi connectivity index (χ1) is 20.5. The SMILES string of the molecule is CCCCCCCCCCCC1N=C(N)N2CCCC2=C1C(=O)OCCCCN=C(N)NC(=O)OCc1ccccc1. The Kier molecular flexibility index (Phi) is 14.7. The molecule has 0 radical (unpaired) electrons. The third kappa shape index (κ3) is 11.4. The first-order valence-corrected chi connectivity index (χ1v) is 15.8. The van der Waals surface area contributed by atoms with Gasteiger partial charge in [-0.1, -0.05) is 95.0 Å². The highest BCUT2D eigenvalue weighted by molar-refractivity contribution is 5.95. The third-order valence-electron chi connectivity index (χ3n) is 7.64. The number of amides is 1. The van der Waals surface area contributed by atoms with Crippen LogP contribution in [0, 0.1) is 0 Å². The van der Waals surface area contributed by atoms with Crippen LogP contribution in [-0.2, 0) is 20.9 Å². The molecule has 0 spiro atoms. The van der Waals surface area contributed by atoms with Crippen molar-refractivity contribution < 1.29 is 19.1 Å². The monoisotopic (exact) mass is 582 g/mol. The van der Waals surface area contributed by atoms with Crippen molar-refractivity contribution in [3.63, 3.8) is 0 Å². The van der Waals surface area contributed by atoms with Crippen molar-refractivity contribution in [1.82, 2.24) is 10.2 Å². The van der Waals surface area contributed by atoms with Crippen molar-refractivity contribution in [3.8, 4) is 0 Å². The molecule has 1 saturated heterocycles. The maximum absolute atomic E-state index is 13.2. The third-order valence-corrected chi connectivity index (χ3v) is 7.64. The van der Waals surface area contributed by atoms with Crippen LogP contribution in [0.3, 0.4) is 0 Å². The normalized spacial score (nSPS) is 16.7. The van der Waals surface area contributed by atoms with E-state index in [0.29, 0.717) is 30.9 Å². The zero-order valence-corrected chi connectivity index (χ0v) is 25.3. The lowest BCUT2D eigenvalue weighted by Crippen LogP contribution is -2.41. The summed E-state index contributed by atoms with van der Waals surface area (Å²) in [6.45, 7) is 3.86. The van der Waals surface area contributed by atoms with Gasteiger partial charge >= 0.3 is 12.1 Å². The molecule has 42 heavy (non-hydrogen) atoms. The maximum Gasteiger partial charge on any atom is 0.414 e. The van der Waals surface area contributed by atoms with Gasteiger partial charge in [0, 0.05) is 18.8 Å². The molecule has 0 aromatic heterocycles. The number of carbonyl (C=O) groups excluding carboxylic acids is 2. The summed E-state index contributed by atoms with van der Waals surface area (Å²) < 4.78 is 10.8. The van der Waals surface area contributed by atoms with E-state index in [1.807, 2.05) is 35.2 Å². The Morgan fingerprint density at radius 1 is 1.00 bits per heavy atom. The molecule has 3 rings (SSSR count). The predicted molar refractivity (Wildman–Crippen MR) is 167 cm³/mol. The Morgan fingerprint density at radius 3 is 2.45 bits per heavy atom. The second-order valence-electron chi connectivity index (χ2n) is 11.0. The van der Waals surface area contributed by atoms with Gasteiger partial charge in [0.1, 0.15) is 6.61 Å². The van der Waals surface area contributed by atoms with Gasteiger partial charge in [0.2, 0.25) is 0 Å². The molecule has 5 N–H and O–H groups in total. The second kappa shape index (κ2) is 18.8. The summed E-state index contributed by atoms with van der Waals surface area (Å²) in [4.78, 5) is 36.0. The van der Waals surface area contributed by atoms with E-state index in [0.717, 1.165) is 49.9 Å². The smallest absolute Gasteiger partial charge is 0.414 e. The van der Waals surface area contributed by atoms with Crippen LogP contribution >= 0.6 is 0 Å². The number of nitrogens with two attached hydrogens (primary N) is 2.